The normalized spacial score (nSPS) is 18.0. The molecule has 1 atom stereocenters. The summed E-state index contributed by atoms with van der Waals surface area (Å²) in [5.74, 6) is 0.246. The number of benzene rings is 1. The molecule has 2 rings (SSSR count). The molecule has 0 aliphatic carbocycles. The lowest BCUT2D eigenvalue weighted by Crippen LogP contribution is -2.37. The molecule has 0 bridgehead atoms. The summed E-state index contributed by atoms with van der Waals surface area (Å²) in [7, 11) is 0. The van der Waals surface area contributed by atoms with Crippen LogP contribution in [0.4, 0.5) is 10.5 Å². The molecule has 1 aliphatic heterocycles. The number of hydrogen-bond donors (Lipinski definition) is 2. The fraction of sp³-hybridized carbons (Fsp3) is 0.444. The Hall–Kier alpha value is -2.54. The Morgan fingerprint density at radius 3 is 2.76 bits per heavy atom. The van der Waals surface area contributed by atoms with Crippen molar-refractivity contribution in [1.29, 1.82) is 0 Å². The van der Waals surface area contributed by atoms with Gasteiger partial charge in [-0.3, -0.25) is 4.79 Å². The van der Waals surface area contributed by atoms with Crippen LogP contribution in [0.25, 0.3) is 6.08 Å². The number of nitrogens with one attached hydrogen (secondary N) is 2. The van der Waals surface area contributed by atoms with Gasteiger partial charge in [0.1, 0.15) is 17.9 Å². The maximum absolute atomic E-state index is 11.8. The van der Waals surface area contributed by atoms with Gasteiger partial charge in [-0.1, -0.05) is 6.08 Å². The van der Waals surface area contributed by atoms with Gasteiger partial charge in [-0.05, 0) is 45.0 Å². The molecule has 1 heterocycles. The minimum absolute atomic E-state index is 0.177. The van der Waals surface area contributed by atoms with Crippen molar-refractivity contribution in [2.75, 3.05) is 31.7 Å². The van der Waals surface area contributed by atoms with E-state index in [-0.39, 0.29) is 13.2 Å². The summed E-state index contributed by atoms with van der Waals surface area (Å²) < 4.78 is 16.2. The van der Waals surface area contributed by atoms with Crippen LogP contribution in [-0.4, -0.2) is 44.0 Å². The van der Waals surface area contributed by atoms with Gasteiger partial charge in [0, 0.05) is 17.9 Å². The van der Waals surface area contributed by atoms with Gasteiger partial charge in [-0.2, -0.15) is 0 Å². The van der Waals surface area contributed by atoms with Crippen molar-refractivity contribution in [3.63, 3.8) is 0 Å². The third kappa shape index (κ3) is 5.49. The lowest BCUT2D eigenvalue weighted by molar-refractivity contribution is -0.141. The molecule has 0 fully saturated rings. The molecule has 0 radical (unpaired) electrons. The molecule has 7 nitrogen and oxygen atoms in total. The van der Waals surface area contributed by atoms with Crippen molar-refractivity contribution >= 4 is 23.8 Å². The van der Waals surface area contributed by atoms with Gasteiger partial charge >= 0.3 is 12.0 Å². The Morgan fingerprint density at radius 2 is 2.04 bits per heavy atom. The lowest BCUT2D eigenvalue weighted by atomic mass is 10.0. The van der Waals surface area contributed by atoms with Crippen molar-refractivity contribution in [3.8, 4) is 5.75 Å². The van der Waals surface area contributed by atoms with E-state index >= 15 is 0 Å². The Labute approximate surface area is 147 Å². The second kappa shape index (κ2) is 8.53. The molecule has 1 aliphatic rings. The second-order valence-corrected chi connectivity index (χ2v) is 5.75. The smallest absolute Gasteiger partial charge is 0.325 e. The fourth-order valence-electron chi connectivity index (χ4n) is 2.32. The standard InChI is InChI=1S/C18H24N2O5/c1-4-23-12-18(3)9-8-13-10-14(6-7-15(13)25-18)20-17(22)19-11-16(21)24-5-2/h6-10H,4-5,11-12H2,1-3H3,(H2,19,20,22). The topological polar surface area (TPSA) is 85.9 Å². The first-order chi connectivity index (χ1) is 12.0. The van der Waals surface area contributed by atoms with Crippen LogP contribution in [0.2, 0.25) is 0 Å². The van der Waals surface area contributed by atoms with Gasteiger partial charge in [0.2, 0.25) is 0 Å². The van der Waals surface area contributed by atoms with Gasteiger partial charge in [0.05, 0.1) is 13.2 Å². The maximum Gasteiger partial charge on any atom is 0.325 e. The SMILES string of the molecule is CCOCC1(C)C=Cc2cc(NC(=O)NCC(=O)OCC)ccc2O1. The average molecular weight is 348 g/mol. The van der Waals surface area contributed by atoms with Crippen LogP contribution in [0.3, 0.4) is 0 Å². The molecule has 1 aromatic rings. The zero-order chi connectivity index (χ0) is 18.3. The van der Waals surface area contributed by atoms with Crippen LogP contribution < -0.4 is 15.4 Å². The van der Waals surface area contributed by atoms with Gasteiger partial charge in [-0.25, -0.2) is 4.79 Å². The summed E-state index contributed by atoms with van der Waals surface area (Å²) in [6, 6.07) is 4.86. The van der Waals surface area contributed by atoms with Crippen molar-refractivity contribution in [2.24, 2.45) is 0 Å². The highest BCUT2D eigenvalue weighted by atomic mass is 16.5. The third-order valence-electron chi connectivity index (χ3n) is 3.52. The number of fused-ring (bicyclic) bond motifs is 1. The minimum atomic E-state index is -0.505. The first-order valence-corrected chi connectivity index (χ1v) is 8.26. The number of ether oxygens (including phenoxy) is 3. The van der Waals surface area contributed by atoms with Crippen molar-refractivity contribution < 1.29 is 23.8 Å². The molecular weight excluding hydrogens is 324 g/mol. The van der Waals surface area contributed by atoms with Crippen LogP contribution in [0, 0.1) is 0 Å². The van der Waals surface area contributed by atoms with E-state index < -0.39 is 17.6 Å². The van der Waals surface area contributed by atoms with Crippen molar-refractivity contribution in [2.45, 2.75) is 26.4 Å². The van der Waals surface area contributed by atoms with Crippen LogP contribution in [0.1, 0.15) is 26.3 Å². The molecule has 7 heteroatoms. The number of rotatable bonds is 7. The van der Waals surface area contributed by atoms with Gasteiger partial charge in [0.15, 0.2) is 0 Å². The van der Waals surface area contributed by atoms with E-state index in [4.69, 9.17) is 14.2 Å². The molecule has 0 aromatic heterocycles. The summed E-state index contributed by atoms with van der Waals surface area (Å²) in [6.45, 7) is 6.80. The molecular formula is C18H24N2O5. The highest BCUT2D eigenvalue weighted by molar-refractivity contribution is 5.92. The Bertz CT molecular complexity index is 659. The van der Waals surface area contributed by atoms with Crippen molar-refractivity contribution in [3.05, 3.63) is 29.8 Å². The minimum Gasteiger partial charge on any atom is -0.480 e. The number of esters is 1. The molecule has 2 N–H and O–H groups in total. The van der Waals surface area contributed by atoms with E-state index in [1.54, 1.807) is 25.1 Å². The van der Waals surface area contributed by atoms with E-state index in [1.165, 1.54) is 0 Å². The predicted octanol–water partition coefficient (Wildman–Crippen LogP) is 2.57. The van der Waals surface area contributed by atoms with E-state index in [9.17, 15) is 9.59 Å². The molecule has 136 valence electrons. The highest BCUT2D eigenvalue weighted by Crippen LogP contribution is 2.33. The predicted molar refractivity (Wildman–Crippen MR) is 94.7 cm³/mol. The fourth-order valence-corrected chi connectivity index (χ4v) is 2.32. The summed E-state index contributed by atoms with van der Waals surface area (Å²) in [5, 5.41) is 5.11. The molecule has 0 spiro atoms. The summed E-state index contributed by atoms with van der Waals surface area (Å²) in [5.41, 5.74) is 0.952. The largest absolute Gasteiger partial charge is 0.480 e. The maximum atomic E-state index is 11.8. The number of anilines is 1. The number of carbonyl (C=O) groups is 2. The summed E-state index contributed by atoms with van der Waals surface area (Å²) in [4.78, 5) is 23.0. The van der Waals surface area contributed by atoms with E-state index in [1.807, 2.05) is 26.0 Å². The van der Waals surface area contributed by atoms with Gasteiger partial charge < -0.3 is 24.8 Å². The van der Waals surface area contributed by atoms with Gasteiger partial charge in [-0.15, -0.1) is 0 Å². The number of urea groups is 1. The number of hydrogen-bond acceptors (Lipinski definition) is 5. The zero-order valence-corrected chi connectivity index (χ0v) is 14.8. The molecule has 1 unspecified atom stereocenters. The first kappa shape index (κ1) is 18.8. The lowest BCUT2D eigenvalue weighted by Gasteiger charge is -2.31. The first-order valence-electron chi connectivity index (χ1n) is 8.26. The third-order valence-corrected chi connectivity index (χ3v) is 3.52. The number of carbonyl (C=O) groups excluding carboxylic acids is 2. The average Bonchev–Trinajstić information content (AvgIpc) is 2.59. The Kier molecular flexibility index (Phi) is 6.41. The van der Waals surface area contributed by atoms with E-state index in [0.29, 0.717) is 18.9 Å². The summed E-state index contributed by atoms with van der Waals surface area (Å²) in [6.07, 6.45) is 3.88. The molecule has 0 saturated carbocycles. The molecule has 0 saturated heterocycles. The summed E-state index contributed by atoms with van der Waals surface area (Å²) >= 11 is 0. The quantitative estimate of drug-likeness (QED) is 0.740. The van der Waals surface area contributed by atoms with Crippen LogP contribution in [0.15, 0.2) is 24.3 Å². The zero-order valence-electron chi connectivity index (χ0n) is 14.8. The van der Waals surface area contributed by atoms with E-state index in [0.717, 1.165) is 11.3 Å². The van der Waals surface area contributed by atoms with Crippen molar-refractivity contribution in [1.82, 2.24) is 5.32 Å². The monoisotopic (exact) mass is 348 g/mol. The van der Waals surface area contributed by atoms with Gasteiger partial charge in [0.25, 0.3) is 0 Å². The van der Waals surface area contributed by atoms with E-state index in [2.05, 4.69) is 10.6 Å². The Morgan fingerprint density at radius 1 is 1.24 bits per heavy atom. The van der Waals surface area contributed by atoms with Crippen LogP contribution in [0.5, 0.6) is 5.75 Å². The van der Waals surface area contributed by atoms with Crippen LogP contribution >= 0.6 is 0 Å². The number of amides is 2. The highest BCUT2D eigenvalue weighted by Gasteiger charge is 2.27. The second-order valence-electron chi connectivity index (χ2n) is 5.75. The molecule has 1 aromatic carbocycles. The van der Waals surface area contributed by atoms with Crippen LogP contribution in [-0.2, 0) is 14.3 Å². The Balaban J connectivity index is 1.94. The molecule has 25 heavy (non-hydrogen) atoms. The molecule has 2 amide bonds.